The Morgan fingerprint density at radius 3 is 2.46 bits per heavy atom. The number of aromatic nitrogens is 4. The fourth-order valence-electron chi connectivity index (χ4n) is 3.86. The number of imidazole rings is 1. The number of carbonyl (C=O) groups excluding carboxylic acids is 1. The number of nitrogens with one attached hydrogen (secondary N) is 1. The number of benzene rings is 1. The first-order chi connectivity index (χ1) is 16.5. The Kier molecular flexibility index (Phi) is 8.16. The van der Waals surface area contributed by atoms with Crippen LogP contribution >= 0.6 is 0 Å². The number of unbranched alkanes of at least 4 members (excludes halogenated alkanes) is 1. The molecule has 2 aromatic heterocycles. The van der Waals surface area contributed by atoms with Crippen molar-refractivity contribution in [2.45, 2.75) is 78.3 Å². The molecule has 0 aliphatic heterocycles. The molecule has 0 bridgehead atoms. The van der Waals surface area contributed by atoms with Gasteiger partial charge in [0.15, 0.2) is 11.2 Å². The predicted octanol–water partition coefficient (Wildman–Crippen LogP) is 2.52. The lowest BCUT2D eigenvalue weighted by Crippen LogP contribution is -2.39. The monoisotopic (exact) mass is 485 g/mol. The van der Waals surface area contributed by atoms with Gasteiger partial charge in [-0.25, -0.2) is 14.6 Å². The Morgan fingerprint density at radius 2 is 1.83 bits per heavy atom. The van der Waals surface area contributed by atoms with E-state index in [9.17, 15) is 19.5 Å². The molecule has 10 nitrogen and oxygen atoms in total. The van der Waals surface area contributed by atoms with Crippen molar-refractivity contribution >= 4 is 17.3 Å². The van der Waals surface area contributed by atoms with E-state index in [1.807, 2.05) is 30.3 Å². The highest BCUT2D eigenvalue weighted by atomic mass is 16.6. The molecular formula is C25H35N5O5. The van der Waals surface area contributed by atoms with Crippen molar-refractivity contribution in [1.82, 2.24) is 24.0 Å². The summed E-state index contributed by atoms with van der Waals surface area (Å²) in [4.78, 5) is 43.3. The maximum Gasteiger partial charge on any atom is 0.408 e. The maximum absolute atomic E-state index is 13.5. The zero-order chi connectivity index (χ0) is 25.8. The fourth-order valence-corrected chi connectivity index (χ4v) is 3.86. The van der Waals surface area contributed by atoms with Gasteiger partial charge in [-0.1, -0.05) is 30.3 Å². The van der Waals surface area contributed by atoms with Crippen LogP contribution in [0.5, 0.6) is 0 Å². The van der Waals surface area contributed by atoms with Gasteiger partial charge in [0, 0.05) is 20.1 Å². The van der Waals surface area contributed by atoms with Crippen molar-refractivity contribution in [2.75, 3.05) is 0 Å². The normalized spacial score (nSPS) is 12.6. The van der Waals surface area contributed by atoms with Crippen LogP contribution in [0.2, 0.25) is 0 Å². The summed E-state index contributed by atoms with van der Waals surface area (Å²) >= 11 is 0. The van der Waals surface area contributed by atoms with Crippen LogP contribution in [-0.2, 0) is 31.4 Å². The molecule has 35 heavy (non-hydrogen) atoms. The molecule has 0 fully saturated rings. The minimum Gasteiger partial charge on any atom is -0.444 e. The highest BCUT2D eigenvalue weighted by Crippen LogP contribution is 2.15. The summed E-state index contributed by atoms with van der Waals surface area (Å²) in [5.41, 5.74) is -0.0194. The van der Waals surface area contributed by atoms with Crippen LogP contribution in [0.25, 0.3) is 11.2 Å². The molecule has 10 heteroatoms. The second kappa shape index (κ2) is 10.9. The average molecular weight is 486 g/mol. The van der Waals surface area contributed by atoms with Crippen molar-refractivity contribution in [2.24, 2.45) is 7.05 Å². The molecule has 0 saturated heterocycles. The minimum absolute atomic E-state index is 0.0262. The molecular weight excluding hydrogens is 450 g/mol. The van der Waals surface area contributed by atoms with Gasteiger partial charge in [0.1, 0.15) is 11.4 Å². The van der Waals surface area contributed by atoms with Gasteiger partial charge in [-0.05, 0) is 52.5 Å². The largest absolute Gasteiger partial charge is 0.444 e. The van der Waals surface area contributed by atoms with E-state index in [2.05, 4.69) is 10.3 Å². The van der Waals surface area contributed by atoms with Gasteiger partial charge >= 0.3 is 11.8 Å². The minimum atomic E-state index is -0.653. The topological polar surface area (TPSA) is 120 Å². The quantitative estimate of drug-likeness (QED) is 0.450. The van der Waals surface area contributed by atoms with Crippen LogP contribution in [0.1, 0.15) is 58.3 Å². The molecule has 0 radical (unpaired) electrons. The highest BCUT2D eigenvalue weighted by molar-refractivity contribution is 5.72. The number of alkyl carbamates (subject to hydrolysis) is 1. The van der Waals surface area contributed by atoms with Crippen molar-refractivity contribution in [3.8, 4) is 0 Å². The first-order valence-electron chi connectivity index (χ1n) is 11.9. The van der Waals surface area contributed by atoms with E-state index in [1.54, 1.807) is 39.3 Å². The van der Waals surface area contributed by atoms with Crippen molar-refractivity contribution < 1.29 is 14.6 Å². The molecule has 3 rings (SSSR count). The molecule has 0 saturated carbocycles. The molecule has 190 valence electrons. The molecule has 3 aromatic rings. The molecule has 0 spiro atoms. The van der Waals surface area contributed by atoms with Gasteiger partial charge in [-0.3, -0.25) is 13.9 Å². The zero-order valence-corrected chi connectivity index (χ0v) is 21.1. The van der Waals surface area contributed by atoms with Crippen molar-refractivity contribution in [1.29, 1.82) is 0 Å². The summed E-state index contributed by atoms with van der Waals surface area (Å²) in [7, 11) is 1.58. The van der Waals surface area contributed by atoms with Gasteiger partial charge in [-0.15, -0.1) is 0 Å². The summed E-state index contributed by atoms with van der Waals surface area (Å²) in [5.74, 6) is 0.439. The third-order valence-electron chi connectivity index (χ3n) is 5.54. The Bertz CT molecular complexity index is 1280. The second-order valence-electron chi connectivity index (χ2n) is 9.77. The highest BCUT2D eigenvalue weighted by Gasteiger charge is 2.22. The molecule has 0 aliphatic carbocycles. The maximum atomic E-state index is 13.5. The van der Waals surface area contributed by atoms with Crippen LogP contribution < -0.4 is 16.6 Å². The van der Waals surface area contributed by atoms with E-state index >= 15 is 0 Å². The second-order valence-corrected chi connectivity index (χ2v) is 9.77. The number of amides is 1. The first kappa shape index (κ1) is 26.2. The summed E-state index contributed by atoms with van der Waals surface area (Å²) in [6.07, 6.45) is 0.860. The van der Waals surface area contributed by atoms with E-state index in [0.29, 0.717) is 37.1 Å². The smallest absolute Gasteiger partial charge is 0.408 e. The summed E-state index contributed by atoms with van der Waals surface area (Å²) in [6, 6.07) is 9.60. The van der Waals surface area contributed by atoms with E-state index in [4.69, 9.17) is 4.74 Å². The third kappa shape index (κ3) is 6.60. The first-order valence-corrected chi connectivity index (χ1v) is 11.9. The molecule has 1 atom stereocenters. The van der Waals surface area contributed by atoms with Crippen LogP contribution in [0.4, 0.5) is 4.79 Å². The Morgan fingerprint density at radius 1 is 1.14 bits per heavy atom. The molecule has 0 aliphatic rings. The van der Waals surface area contributed by atoms with Crippen molar-refractivity contribution in [3.05, 3.63) is 62.6 Å². The Hall–Kier alpha value is -3.40. The number of aliphatic hydroxyl groups excluding tert-OH is 1. The number of aryl methyl sites for hydroxylation is 1. The molecule has 1 amide bonds. The zero-order valence-electron chi connectivity index (χ0n) is 21.1. The lowest BCUT2D eigenvalue weighted by atomic mass is 10.2. The van der Waals surface area contributed by atoms with Gasteiger partial charge in [0.05, 0.1) is 12.6 Å². The fraction of sp³-hybridized carbons (Fsp3) is 0.520. The third-order valence-corrected chi connectivity index (χ3v) is 5.54. The van der Waals surface area contributed by atoms with Gasteiger partial charge in [0.25, 0.3) is 5.56 Å². The number of ether oxygens (including phenoxy) is 1. The molecule has 2 heterocycles. The van der Waals surface area contributed by atoms with Crippen LogP contribution in [0, 0.1) is 0 Å². The Balaban J connectivity index is 2.04. The Labute approximate surface area is 204 Å². The number of aliphatic hydroxyl groups is 1. The molecule has 1 aromatic carbocycles. The van der Waals surface area contributed by atoms with E-state index < -0.39 is 29.0 Å². The van der Waals surface area contributed by atoms with Gasteiger partial charge in [-0.2, -0.15) is 0 Å². The van der Waals surface area contributed by atoms with Crippen LogP contribution in [0.15, 0.2) is 39.9 Å². The van der Waals surface area contributed by atoms with E-state index in [1.165, 1.54) is 9.13 Å². The van der Waals surface area contributed by atoms with Gasteiger partial charge in [0.2, 0.25) is 0 Å². The summed E-state index contributed by atoms with van der Waals surface area (Å²) in [5, 5.41) is 12.2. The van der Waals surface area contributed by atoms with Crippen LogP contribution in [-0.4, -0.2) is 41.6 Å². The number of rotatable bonds is 9. The van der Waals surface area contributed by atoms with E-state index in [0.717, 1.165) is 5.56 Å². The summed E-state index contributed by atoms with van der Waals surface area (Å²) in [6.45, 7) is 7.66. The van der Waals surface area contributed by atoms with Crippen LogP contribution in [0.3, 0.4) is 0 Å². The van der Waals surface area contributed by atoms with Gasteiger partial charge < -0.3 is 19.7 Å². The molecule has 0 unspecified atom stereocenters. The molecule has 2 N–H and O–H groups in total. The standard InChI is InChI=1S/C25H35N5O5/c1-17(31)11-9-10-14-29-22(32)20-21(28(5)24(29)34)27-19(15-26-23(33)35-25(2,3)4)30(20)16-18-12-7-6-8-13-18/h6-8,12-13,17,31H,9-11,14-16H2,1-5H3,(H,26,33)/t17-/m0/s1. The number of carbonyl (C=O) groups is 1. The number of fused-ring (bicyclic) bond motifs is 1. The van der Waals surface area contributed by atoms with Crippen molar-refractivity contribution in [3.63, 3.8) is 0 Å². The average Bonchev–Trinajstić information content (AvgIpc) is 3.13. The summed E-state index contributed by atoms with van der Waals surface area (Å²) < 4.78 is 9.66. The number of nitrogens with zero attached hydrogens (tertiary/aromatic N) is 4. The van der Waals surface area contributed by atoms with E-state index in [-0.39, 0.29) is 18.7 Å². The lowest BCUT2D eigenvalue weighted by molar-refractivity contribution is 0.0521. The number of hydrogen-bond donors (Lipinski definition) is 2. The lowest BCUT2D eigenvalue weighted by Gasteiger charge is -2.19. The number of hydrogen-bond acceptors (Lipinski definition) is 6. The predicted molar refractivity (Wildman–Crippen MR) is 133 cm³/mol. The SMILES string of the molecule is C[C@H](O)CCCCn1c(=O)c2c(nc(CNC(=O)OC(C)(C)C)n2Cc2ccccc2)n(C)c1=O.